The van der Waals surface area contributed by atoms with Crippen molar-refractivity contribution in [3.63, 3.8) is 0 Å². The molecule has 2 N–H and O–H groups in total. The van der Waals surface area contributed by atoms with Crippen LogP contribution in [0.5, 0.6) is 17.2 Å². The fourth-order valence-electron chi connectivity index (χ4n) is 2.95. The minimum Gasteiger partial charge on any atom is -0.494 e. The van der Waals surface area contributed by atoms with Gasteiger partial charge in [0.05, 0.1) is 25.9 Å². The zero-order valence-electron chi connectivity index (χ0n) is 18.2. The summed E-state index contributed by atoms with van der Waals surface area (Å²) in [5.41, 5.74) is 2.30. The van der Waals surface area contributed by atoms with Crippen LogP contribution in [0.15, 0.2) is 36.4 Å². The molecule has 0 radical (unpaired) electrons. The van der Waals surface area contributed by atoms with E-state index in [0.717, 1.165) is 11.1 Å². The van der Waals surface area contributed by atoms with Crippen LogP contribution in [0.4, 0.5) is 5.69 Å². The highest BCUT2D eigenvalue weighted by Gasteiger charge is 2.20. The van der Waals surface area contributed by atoms with Gasteiger partial charge in [-0.25, -0.2) is 0 Å². The molecular formula is C23H30N2O5. The Bertz CT molecular complexity index is 882. The zero-order valence-corrected chi connectivity index (χ0v) is 18.2. The molecule has 0 saturated heterocycles. The monoisotopic (exact) mass is 414 g/mol. The van der Waals surface area contributed by atoms with E-state index in [2.05, 4.69) is 10.6 Å². The van der Waals surface area contributed by atoms with Gasteiger partial charge in [0.15, 0.2) is 11.5 Å². The first-order valence-electron chi connectivity index (χ1n) is 10.1. The van der Waals surface area contributed by atoms with Gasteiger partial charge in [0.25, 0.3) is 0 Å². The Kier molecular flexibility index (Phi) is 8.53. The summed E-state index contributed by atoms with van der Waals surface area (Å²) in [5.74, 6) is 0.270. The fraction of sp³-hybridized carbons (Fsp3) is 0.391. The first-order valence-corrected chi connectivity index (χ1v) is 10.1. The molecule has 2 rings (SSSR count). The number of aryl methyl sites for hydroxylation is 1. The van der Waals surface area contributed by atoms with E-state index in [-0.39, 0.29) is 0 Å². The highest BCUT2D eigenvalue weighted by molar-refractivity contribution is 6.39. The number of ether oxygens (including phenoxy) is 3. The molecule has 2 amide bonds. The number of anilines is 1. The molecule has 0 saturated carbocycles. The molecule has 7 heteroatoms. The Morgan fingerprint density at radius 1 is 0.833 bits per heavy atom. The number of carbonyl (C=O) groups is 2. The Balaban J connectivity index is 2.09. The number of amides is 2. The largest absolute Gasteiger partial charge is 0.494 e. The average molecular weight is 415 g/mol. The van der Waals surface area contributed by atoms with Crippen molar-refractivity contribution in [2.45, 2.75) is 40.7 Å². The number of carbonyl (C=O) groups excluding carboxylic acids is 2. The van der Waals surface area contributed by atoms with Crippen LogP contribution in [-0.4, -0.2) is 31.6 Å². The topological polar surface area (TPSA) is 85.9 Å². The molecule has 0 bridgehead atoms. The fourth-order valence-corrected chi connectivity index (χ4v) is 2.95. The third kappa shape index (κ3) is 6.14. The lowest BCUT2D eigenvalue weighted by Gasteiger charge is -2.18. The summed E-state index contributed by atoms with van der Waals surface area (Å²) in [6.45, 7) is 10.9. The van der Waals surface area contributed by atoms with E-state index >= 15 is 0 Å². The van der Waals surface area contributed by atoms with Crippen LogP contribution < -0.4 is 24.8 Å². The lowest BCUT2D eigenvalue weighted by Crippen LogP contribution is -2.37. The van der Waals surface area contributed by atoms with Gasteiger partial charge in [0.1, 0.15) is 5.75 Å². The zero-order chi connectivity index (χ0) is 22.1. The minimum atomic E-state index is -0.765. The molecule has 0 spiro atoms. The summed E-state index contributed by atoms with van der Waals surface area (Å²) < 4.78 is 16.7. The Morgan fingerprint density at radius 3 is 2.10 bits per heavy atom. The van der Waals surface area contributed by atoms with Crippen LogP contribution in [-0.2, 0) is 9.59 Å². The van der Waals surface area contributed by atoms with Gasteiger partial charge >= 0.3 is 11.8 Å². The van der Waals surface area contributed by atoms with E-state index in [1.54, 1.807) is 18.2 Å². The van der Waals surface area contributed by atoms with Crippen LogP contribution in [0.25, 0.3) is 0 Å². The number of hydrogen-bond donors (Lipinski definition) is 2. The van der Waals surface area contributed by atoms with Gasteiger partial charge < -0.3 is 24.8 Å². The van der Waals surface area contributed by atoms with Gasteiger partial charge in [0, 0.05) is 17.3 Å². The van der Waals surface area contributed by atoms with E-state index in [9.17, 15) is 9.59 Å². The third-order valence-corrected chi connectivity index (χ3v) is 4.29. The van der Waals surface area contributed by atoms with Crippen molar-refractivity contribution in [1.29, 1.82) is 0 Å². The van der Waals surface area contributed by atoms with Crippen molar-refractivity contribution >= 4 is 17.5 Å². The number of hydrogen-bond acceptors (Lipinski definition) is 5. The van der Waals surface area contributed by atoms with Gasteiger partial charge in [0.2, 0.25) is 0 Å². The van der Waals surface area contributed by atoms with Crippen LogP contribution in [0.1, 0.15) is 44.9 Å². The van der Waals surface area contributed by atoms with Crippen molar-refractivity contribution in [2.24, 2.45) is 0 Å². The summed E-state index contributed by atoms with van der Waals surface area (Å²) in [7, 11) is 0. The van der Waals surface area contributed by atoms with E-state index in [1.807, 2.05) is 52.8 Å². The summed E-state index contributed by atoms with van der Waals surface area (Å²) >= 11 is 0. The molecule has 162 valence electrons. The molecular weight excluding hydrogens is 384 g/mol. The van der Waals surface area contributed by atoms with Crippen molar-refractivity contribution in [2.75, 3.05) is 25.1 Å². The van der Waals surface area contributed by atoms with Crippen molar-refractivity contribution in [3.05, 3.63) is 47.5 Å². The second-order valence-corrected chi connectivity index (χ2v) is 6.65. The molecule has 2 aromatic carbocycles. The quantitative estimate of drug-likeness (QED) is 0.606. The molecule has 1 unspecified atom stereocenters. The van der Waals surface area contributed by atoms with E-state index in [4.69, 9.17) is 14.2 Å². The van der Waals surface area contributed by atoms with Crippen LogP contribution in [0.3, 0.4) is 0 Å². The third-order valence-electron chi connectivity index (χ3n) is 4.29. The normalized spacial score (nSPS) is 11.4. The predicted molar refractivity (Wildman–Crippen MR) is 116 cm³/mol. The number of nitrogens with one attached hydrogen (secondary N) is 2. The molecule has 30 heavy (non-hydrogen) atoms. The van der Waals surface area contributed by atoms with Crippen LogP contribution >= 0.6 is 0 Å². The molecule has 0 aliphatic rings. The van der Waals surface area contributed by atoms with Gasteiger partial charge in [-0.15, -0.1) is 0 Å². The van der Waals surface area contributed by atoms with Gasteiger partial charge in [-0.05, 0) is 52.8 Å². The minimum absolute atomic E-state index is 0.399. The average Bonchev–Trinajstić information content (AvgIpc) is 2.71. The Hall–Kier alpha value is -3.22. The Labute approximate surface area is 177 Å². The van der Waals surface area contributed by atoms with Crippen LogP contribution in [0.2, 0.25) is 0 Å². The molecule has 0 aliphatic heterocycles. The molecule has 0 heterocycles. The van der Waals surface area contributed by atoms with Gasteiger partial charge in [-0.3, -0.25) is 9.59 Å². The SMILES string of the molecule is CCOc1ccc(NC(=O)C(=O)NC(C)c2cc(C)ccc2OCC)cc1OCC. The van der Waals surface area contributed by atoms with Crippen molar-refractivity contribution < 1.29 is 23.8 Å². The summed E-state index contributed by atoms with van der Waals surface area (Å²) in [4.78, 5) is 24.9. The second-order valence-electron chi connectivity index (χ2n) is 6.65. The number of rotatable bonds is 9. The first-order chi connectivity index (χ1) is 14.4. The lowest BCUT2D eigenvalue weighted by atomic mass is 10.0. The predicted octanol–water partition coefficient (Wildman–Crippen LogP) is 4.01. The highest BCUT2D eigenvalue weighted by atomic mass is 16.5. The van der Waals surface area contributed by atoms with Crippen molar-refractivity contribution in [1.82, 2.24) is 5.32 Å². The maximum atomic E-state index is 12.4. The Morgan fingerprint density at radius 2 is 1.43 bits per heavy atom. The van der Waals surface area contributed by atoms with Crippen molar-refractivity contribution in [3.8, 4) is 17.2 Å². The molecule has 0 fully saturated rings. The standard InChI is InChI=1S/C23H30N2O5/c1-6-28-19-11-9-15(4)13-18(19)16(5)24-22(26)23(27)25-17-10-12-20(29-7-2)21(14-17)30-8-3/h9-14,16H,6-8H2,1-5H3,(H,24,26)(H,25,27). The molecule has 1 atom stereocenters. The highest BCUT2D eigenvalue weighted by Crippen LogP contribution is 2.31. The van der Waals surface area contributed by atoms with E-state index in [0.29, 0.717) is 42.8 Å². The van der Waals surface area contributed by atoms with E-state index < -0.39 is 17.9 Å². The maximum absolute atomic E-state index is 12.4. The molecule has 2 aromatic rings. The first kappa shape index (κ1) is 23.1. The summed E-state index contributed by atoms with van der Waals surface area (Å²) in [5, 5.41) is 5.33. The van der Waals surface area contributed by atoms with Crippen LogP contribution in [0, 0.1) is 6.92 Å². The molecule has 7 nitrogen and oxygen atoms in total. The summed E-state index contributed by atoms with van der Waals surface area (Å²) in [6.07, 6.45) is 0. The smallest absolute Gasteiger partial charge is 0.313 e. The summed E-state index contributed by atoms with van der Waals surface area (Å²) in [6, 6.07) is 10.3. The second kappa shape index (κ2) is 11.1. The van der Waals surface area contributed by atoms with Gasteiger partial charge in [-0.1, -0.05) is 17.7 Å². The molecule has 0 aromatic heterocycles. The lowest BCUT2D eigenvalue weighted by molar-refractivity contribution is -0.136. The van der Waals surface area contributed by atoms with E-state index in [1.165, 1.54) is 0 Å². The molecule has 0 aliphatic carbocycles. The number of benzene rings is 2. The maximum Gasteiger partial charge on any atom is 0.313 e. The van der Waals surface area contributed by atoms with Gasteiger partial charge in [-0.2, -0.15) is 0 Å².